The molecule has 2 aromatic carbocycles. The number of benzene rings is 2. The minimum atomic E-state index is -2.15. The van der Waals surface area contributed by atoms with E-state index >= 15 is 0 Å². The minimum Gasteiger partial charge on any atom is -0.497 e. The fourth-order valence-corrected chi connectivity index (χ4v) is 7.95. The zero-order valence-electron chi connectivity index (χ0n) is 26.5. The van der Waals surface area contributed by atoms with E-state index in [0.29, 0.717) is 29.7 Å². The Morgan fingerprint density at radius 3 is 2.28 bits per heavy atom. The molecule has 0 radical (unpaired) electrons. The van der Waals surface area contributed by atoms with E-state index in [1.807, 2.05) is 0 Å². The van der Waals surface area contributed by atoms with Gasteiger partial charge in [0.15, 0.2) is 28.5 Å². The van der Waals surface area contributed by atoms with Crippen LogP contribution in [0.1, 0.15) is 70.0 Å². The molecule has 2 heterocycles. The van der Waals surface area contributed by atoms with Gasteiger partial charge in [-0.3, -0.25) is 13.8 Å². The molecule has 13 heteroatoms. The number of ether oxygens (including phenoxy) is 2. The van der Waals surface area contributed by atoms with Crippen LogP contribution in [0.15, 0.2) is 72.0 Å². The molecule has 246 valence electrons. The van der Waals surface area contributed by atoms with Crippen molar-refractivity contribution in [1.29, 1.82) is 0 Å². The molecule has 3 aliphatic rings. The third kappa shape index (κ3) is 6.17. The van der Waals surface area contributed by atoms with Crippen LogP contribution in [0.25, 0.3) is 0 Å². The lowest BCUT2D eigenvalue weighted by molar-refractivity contribution is -0.174. The Hall–Kier alpha value is -4.10. The number of nitroso groups, excluding NO2 is 1. The lowest BCUT2D eigenvalue weighted by Gasteiger charge is -2.53. The third-order valence-corrected chi connectivity index (χ3v) is 10.2. The van der Waals surface area contributed by atoms with Crippen LogP contribution in [-0.2, 0) is 41.0 Å². The van der Waals surface area contributed by atoms with E-state index in [2.05, 4.69) is 11.9 Å². The molecule has 0 N–H and O–H groups in total. The summed E-state index contributed by atoms with van der Waals surface area (Å²) in [6.07, 6.45) is 4.00. The average Bonchev–Trinajstić information content (AvgIpc) is 3.25. The predicted octanol–water partition coefficient (Wildman–Crippen LogP) is 4.54. The number of carbonyl (C=O) groups is 3. The molecule has 0 bridgehead atoms. The van der Waals surface area contributed by atoms with Crippen LogP contribution in [0.2, 0.25) is 0 Å². The van der Waals surface area contributed by atoms with Gasteiger partial charge in [-0.25, -0.2) is 14.0 Å². The van der Waals surface area contributed by atoms with Gasteiger partial charge in [-0.2, -0.15) is 0 Å². The van der Waals surface area contributed by atoms with E-state index in [-0.39, 0.29) is 18.3 Å². The number of methoxy groups -OCH3 is 1. The topological polar surface area (TPSA) is 135 Å². The molecule has 1 aliphatic carbocycles. The Morgan fingerprint density at radius 1 is 1.04 bits per heavy atom. The van der Waals surface area contributed by atoms with Gasteiger partial charge >= 0.3 is 5.97 Å². The van der Waals surface area contributed by atoms with E-state index in [1.54, 1.807) is 82.5 Å². The maximum Gasteiger partial charge on any atom is 0.333 e. The Balaban J connectivity index is 1.47. The summed E-state index contributed by atoms with van der Waals surface area (Å²) in [5, 5.41) is 3.07. The first kappa shape index (κ1) is 33.3. The van der Waals surface area contributed by atoms with Crippen molar-refractivity contribution in [2.45, 2.75) is 94.7 Å². The summed E-state index contributed by atoms with van der Waals surface area (Å²) in [7, 11) is 1.55. The summed E-state index contributed by atoms with van der Waals surface area (Å²) in [6, 6.07) is 11.9. The number of amides is 2. The van der Waals surface area contributed by atoms with Crippen LogP contribution in [0.5, 0.6) is 5.75 Å². The van der Waals surface area contributed by atoms with E-state index in [1.165, 1.54) is 4.90 Å². The van der Waals surface area contributed by atoms with Crippen molar-refractivity contribution in [2.75, 3.05) is 7.11 Å². The van der Waals surface area contributed by atoms with Gasteiger partial charge in [-0.05, 0) is 62.4 Å². The van der Waals surface area contributed by atoms with Gasteiger partial charge in [0.2, 0.25) is 0 Å². The first-order chi connectivity index (χ1) is 22.0. The summed E-state index contributed by atoms with van der Waals surface area (Å²) in [5.74, 6) is -1.31. The van der Waals surface area contributed by atoms with Gasteiger partial charge < -0.3 is 19.3 Å². The fraction of sp³-hybridized carbons (Fsp3) is 0.485. The molecular weight excluding hydrogens is 612 g/mol. The maximum absolute atomic E-state index is 14.2. The van der Waals surface area contributed by atoms with E-state index in [0.717, 1.165) is 29.2 Å². The molecule has 5 rings (SSSR count). The molecule has 1 saturated carbocycles. The first-order valence-electron chi connectivity index (χ1n) is 15.4. The molecule has 5 unspecified atom stereocenters. The molecular formula is C33H40N4O8S. The highest BCUT2D eigenvalue weighted by Crippen LogP contribution is 2.46. The summed E-state index contributed by atoms with van der Waals surface area (Å²) >= 11 is -2.15. The van der Waals surface area contributed by atoms with Crippen LogP contribution in [0.4, 0.5) is 0 Å². The number of esters is 1. The predicted molar refractivity (Wildman–Crippen MR) is 170 cm³/mol. The lowest BCUT2D eigenvalue weighted by atomic mass is 9.96. The minimum absolute atomic E-state index is 0.0826. The van der Waals surface area contributed by atoms with Gasteiger partial charge in [0, 0.05) is 0 Å². The van der Waals surface area contributed by atoms with Crippen LogP contribution >= 0.6 is 0 Å². The Kier molecular flexibility index (Phi) is 9.92. The lowest BCUT2D eigenvalue weighted by Crippen LogP contribution is -2.77. The van der Waals surface area contributed by atoms with Gasteiger partial charge in [0.05, 0.1) is 18.5 Å². The SMILES string of the molecule is C=C(C)C(C(=O)OCc1ccc(OC)cc1)N1C(=O)C(N2C(=O)C(c3ccccc3)N(N=O)C2(C)C)C1S(=O)OC1CCCCC1. The van der Waals surface area contributed by atoms with Crippen LogP contribution in [0, 0.1) is 4.91 Å². The second-order valence-corrected chi connectivity index (χ2v) is 13.5. The molecule has 46 heavy (non-hydrogen) atoms. The number of hydrogen-bond acceptors (Lipinski definition) is 9. The molecule has 3 fully saturated rings. The maximum atomic E-state index is 14.2. The zero-order valence-corrected chi connectivity index (χ0v) is 27.3. The highest BCUT2D eigenvalue weighted by molar-refractivity contribution is 7.81. The molecule has 2 amide bonds. The van der Waals surface area contributed by atoms with Gasteiger partial charge in [0.1, 0.15) is 24.1 Å². The highest BCUT2D eigenvalue weighted by Gasteiger charge is 2.66. The quantitative estimate of drug-likeness (QED) is 0.140. The van der Waals surface area contributed by atoms with Crippen molar-refractivity contribution >= 4 is 28.9 Å². The number of carbonyl (C=O) groups excluding carboxylic acids is 3. The highest BCUT2D eigenvalue weighted by atomic mass is 32.2. The standard InChI is InChI=1S/C33H40N4O8S/c1-21(2)26(32(40)44-20-22-16-18-24(43-5)19-17-22)35-29(38)28(31(35)46(42)45-25-14-10-7-11-15-25)36-30(39)27(23-12-8-6-9-13-23)37(34-41)33(36,3)4/h6,8-9,12-13,16-19,25-28,31H,1,7,10-11,14-15,20H2,2-5H3. The molecule has 5 atom stereocenters. The summed E-state index contributed by atoms with van der Waals surface area (Å²) in [5.41, 5.74) is 0.119. The normalized spacial score (nSPS) is 24.3. The van der Waals surface area contributed by atoms with Gasteiger partial charge in [-0.15, -0.1) is 4.91 Å². The Morgan fingerprint density at radius 2 is 1.70 bits per heavy atom. The summed E-state index contributed by atoms with van der Waals surface area (Å²) in [6.45, 7) is 8.65. The Bertz CT molecular complexity index is 1490. The smallest absolute Gasteiger partial charge is 0.333 e. The van der Waals surface area contributed by atoms with E-state index in [4.69, 9.17) is 13.7 Å². The monoisotopic (exact) mass is 652 g/mol. The second kappa shape index (κ2) is 13.7. The fourth-order valence-electron chi connectivity index (χ4n) is 6.52. The third-order valence-electron chi connectivity index (χ3n) is 8.89. The van der Waals surface area contributed by atoms with Crippen molar-refractivity contribution in [3.63, 3.8) is 0 Å². The number of nitrogens with zero attached hydrogens (tertiary/aromatic N) is 4. The number of rotatable bonds is 12. The van der Waals surface area contributed by atoms with Gasteiger partial charge in [-0.1, -0.05) is 68.3 Å². The van der Waals surface area contributed by atoms with E-state index in [9.17, 15) is 23.5 Å². The van der Waals surface area contributed by atoms with Crippen molar-refractivity contribution in [3.05, 3.63) is 82.8 Å². The number of hydrogen-bond donors (Lipinski definition) is 0. The van der Waals surface area contributed by atoms with Crippen LogP contribution in [0.3, 0.4) is 0 Å². The largest absolute Gasteiger partial charge is 0.497 e. The molecule has 2 aromatic rings. The van der Waals surface area contributed by atoms with Gasteiger partial charge in [0.25, 0.3) is 11.8 Å². The molecule has 12 nitrogen and oxygen atoms in total. The summed E-state index contributed by atoms with van der Waals surface area (Å²) in [4.78, 5) is 56.5. The number of likely N-dealkylation sites (tertiary alicyclic amines) is 1. The molecule has 0 aromatic heterocycles. The van der Waals surface area contributed by atoms with Crippen molar-refractivity contribution in [3.8, 4) is 5.75 Å². The van der Waals surface area contributed by atoms with Crippen molar-refractivity contribution in [2.24, 2.45) is 5.29 Å². The van der Waals surface area contributed by atoms with Crippen molar-refractivity contribution < 1.29 is 32.2 Å². The summed E-state index contributed by atoms with van der Waals surface area (Å²) < 4.78 is 30.9. The number of β-lactam (4-membered cyclic amide) rings is 1. The van der Waals surface area contributed by atoms with Crippen molar-refractivity contribution in [1.82, 2.24) is 14.8 Å². The Labute approximate surface area is 271 Å². The van der Waals surface area contributed by atoms with Crippen LogP contribution in [-0.4, -0.2) is 73.1 Å². The zero-order chi connectivity index (χ0) is 33.2. The second-order valence-electron chi connectivity index (χ2n) is 12.3. The average molecular weight is 653 g/mol. The van der Waals surface area contributed by atoms with Crippen LogP contribution < -0.4 is 4.74 Å². The molecule has 2 aliphatic heterocycles. The first-order valence-corrected chi connectivity index (χ1v) is 16.5. The molecule has 0 spiro atoms. The van der Waals surface area contributed by atoms with E-state index < -0.39 is 58.0 Å². The molecule has 2 saturated heterocycles.